The first-order chi connectivity index (χ1) is 8.52. The predicted octanol–water partition coefficient (Wildman–Crippen LogP) is 2.00. The van der Waals surface area contributed by atoms with Gasteiger partial charge in [0.15, 0.2) is 0 Å². The van der Waals surface area contributed by atoms with Crippen LogP contribution in [0.4, 0.5) is 4.79 Å². The zero-order valence-corrected chi connectivity index (χ0v) is 13.0. The van der Waals surface area contributed by atoms with Crippen LogP contribution in [0.25, 0.3) is 0 Å². The third kappa shape index (κ3) is 4.66. The molecular formula is C14H28N2O3. The van der Waals surface area contributed by atoms with E-state index in [2.05, 4.69) is 20.8 Å². The first-order valence-electron chi connectivity index (χ1n) is 6.85. The molecule has 1 amide bonds. The van der Waals surface area contributed by atoms with Gasteiger partial charge in [-0.1, -0.05) is 20.8 Å². The lowest BCUT2D eigenvalue weighted by atomic mass is 9.82. The lowest BCUT2D eigenvalue weighted by Crippen LogP contribution is -2.61. The molecule has 1 saturated heterocycles. The molecule has 5 heteroatoms. The molecule has 0 radical (unpaired) electrons. The molecule has 2 atom stereocenters. The lowest BCUT2D eigenvalue weighted by Gasteiger charge is -2.43. The van der Waals surface area contributed by atoms with Crippen molar-refractivity contribution in [3.8, 4) is 0 Å². The summed E-state index contributed by atoms with van der Waals surface area (Å²) in [6.07, 6.45) is -0.305. The van der Waals surface area contributed by atoms with E-state index in [0.717, 1.165) is 0 Å². The molecule has 1 rings (SSSR count). The van der Waals surface area contributed by atoms with Crippen molar-refractivity contribution < 1.29 is 14.3 Å². The number of morpholine rings is 1. The highest BCUT2D eigenvalue weighted by atomic mass is 16.6. The average molecular weight is 272 g/mol. The topological polar surface area (TPSA) is 64.8 Å². The molecule has 1 aliphatic rings. The van der Waals surface area contributed by atoms with E-state index in [-0.39, 0.29) is 23.6 Å². The number of ether oxygens (including phenoxy) is 2. The van der Waals surface area contributed by atoms with Gasteiger partial charge in [-0.2, -0.15) is 0 Å². The fraction of sp³-hybridized carbons (Fsp3) is 0.929. The van der Waals surface area contributed by atoms with Gasteiger partial charge in [0.1, 0.15) is 5.60 Å². The zero-order valence-electron chi connectivity index (χ0n) is 13.0. The molecule has 1 fully saturated rings. The van der Waals surface area contributed by atoms with Crippen LogP contribution in [-0.4, -0.2) is 48.4 Å². The fourth-order valence-corrected chi connectivity index (χ4v) is 2.04. The fourth-order valence-electron chi connectivity index (χ4n) is 2.04. The smallest absolute Gasteiger partial charge is 0.410 e. The van der Waals surface area contributed by atoms with Crippen LogP contribution in [0.15, 0.2) is 0 Å². The Morgan fingerprint density at radius 3 is 2.37 bits per heavy atom. The molecule has 0 saturated carbocycles. The van der Waals surface area contributed by atoms with Crippen molar-refractivity contribution in [2.45, 2.75) is 59.2 Å². The van der Waals surface area contributed by atoms with Crippen LogP contribution >= 0.6 is 0 Å². The quantitative estimate of drug-likeness (QED) is 0.793. The summed E-state index contributed by atoms with van der Waals surface area (Å²) < 4.78 is 10.9. The monoisotopic (exact) mass is 272 g/mol. The van der Waals surface area contributed by atoms with Gasteiger partial charge in [0.2, 0.25) is 0 Å². The summed E-state index contributed by atoms with van der Waals surface area (Å²) in [4.78, 5) is 14.0. The molecule has 5 nitrogen and oxygen atoms in total. The van der Waals surface area contributed by atoms with E-state index >= 15 is 0 Å². The van der Waals surface area contributed by atoms with E-state index in [1.807, 2.05) is 20.8 Å². The molecule has 0 aromatic rings. The van der Waals surface area contributed by atoms with E-state index in [0.29, 0.717) is 19.8 Å². The van der Waals surface area contributed by atoms with Crippen molar-refractivity contribution in [1.82, 2.24) is 4.90 Å². The standard InChI is InChI=1S/C14H28N2O3/c1-13(2,3)11(15)10-9-18-8-7-16(10)12(17)19-14(4,5)6/h10-11H,7-9,15H2,1-6H3. The van der Waals surface area contributed by atoms with Crippen molar-refractivity contribution in [2.75, 3.05) is 19.8 Å². The van der Waals surface area contributed by atoms with Gasteiger partial charge in [-0.05, 0) is 26.2 Å². The second-order valence-electron chi connectivity index (χ2n) is 7.21. The average Bonchev–Trinajstić information content (AvgIpc) is 2.24. The molecule has 0 aromatic heterocycles. The molecule has 2 N–H and O–H groups in total. The molecule has 0 spiro atoms. The Kier molecular flexibility index (Phi) is 4.85. The lowest BCUT2D eigenvalue weighted by molar-refractivity contribution is -0.0465. The van der Waals surface area contributed by atoms with E-state index < -0.39 is 5.60 Å². The van der Waals surface area contributed by atoms with Crippen LogP contribution in [0.3, 0.4) is 0 Å². The van der Waals surface area contributed by atoms with Crippen molar-refractivity contribution in [2.24, 2.45) is 11.1 Å². The minimum atomic E-state index is -0.494. The summed E-state index contributed by atoms with van der Waals surface area (Å²) in [5, 5.41) is 0. The van der Waals surface area contributed by atoms with Gasteiger partial charge >= 0.3 is 6.09 Å². The predicted molar refractivity (Wildman–Crippen MR) is 75.0 cm³/mol. The van der Waals surface area contributed by atoms with Crippen LogP contribution in [-0.2, 0) is 9.47 Å². The Hall–Kier alpha value is -0.810. The molecule has 112 valence electrons. The largest absolute Gasteiger partial charge is 0.444 e. The van der Waals surface area contributed by atoms with Gasteiger partial charge in [0.05, 0.1) is 19.3 Å². The summed E-state index contributed by atoms with van der Waals surface area (Å²) in [6.45, 7) is 13.3. The van der Waals surface area contributed by atoms with Crippen molar-refractivity contribution in [1.29, 1.82) is 0 Å². The van der Waals surface area contributed by atoms with Crippen LogP contribution in [0.5, 0.6) is 0 Å². The van der Waals surface area contributed by atoms with E-state index in [9.17, 15) is 4.79 Å². The highest BCUT2D eigenvalue weighted by molar-refractivity contribution is 5.68. The first kappa shape index (κ1) is 16.2. The maximum absolute atomic E-state index is 12.2. The third-order valence-corrected chi connectivity index (χ3v) is 3.21. The molecule has 2 unspecified atom stereocenters. The summed E-state index contributed by atoms with van der Waals surface area (Å²) in [7, 11) is 0. The minimum absolute atomic E-state index is 0.0916. The highest BCUT2D eigenvalue weighted by Gasteiger charge is 2.38. The Balaban J connectivity index is 2.81. The number of carbonyl (C=O) groups excluding carboxylic acids is 1. The second kappa shape index (κ2) is 5.67. The Morgan fingerprint density at radius 2 is 1.89 bits per heavy atom. The number of carbonyl (C=O) groups is 1. The molecular weight excluding hydrogens is 244 g/mol. The van der Waals surface area contributed by atoms with E-state index in [1.165, 1.54) is 0 Å². The van der Waals surface area contributed by atoms with Crippen LogP contribution in [0.2, 0.25) is 0 Å². The normalized spacial score (nSPS) is 23.1. The van der Waals surface area contributed by atoms with Gasteiger partial charge < -0.3 is 15.2 Å². The third-order valence-electron chi connectivity index (χ3n) is 3.21. The van der Waals surface area contributed by atoms with Gasteiger partial charge in [0, 0.05) is 12.6 Å². The van der Waals surface area contributed by atoms with Gasteiger partial charge in [-0.3, -0.25) is 4.90 Å². The maximum atomic E-state index is 12.2. The van der Waals surface area contributed by atoms with Gasteiger partial charge in [-0.15, -0.1) is 0 Å². The van der Waals surface area contributed by atoms with E-state index in [4.69, 9.17) is 15.2 Å². The highest BCUT2D eigenvalue weighted by Crippen LogP contribution is 2.25. The van der Waals surface area contributed by atoms with Crippen LogP contribution in [0.1, 0.15) is 41.5 Å². The van der Waals surface area contributed by atoms with Crippen molar-refractivity contribution in [3.05, 3.63) is 0 Å². The molecule has 0 aliphatic carbocycles. The molecule has 0 bridgehead atoms. The number of amides is 1. The molecule has 1 aliphatic heterocycles. The second-order valence-corrected chi connectivity index (χ2v) is 7.21. The summed E-state index contributed by atoms with van der Waals surface area (Å²) in [5.74, 6) is 0. The number of hydrogen-bond donors (Lipinski definition) is 1. The summed E-state index contributed by atoms with van der Waals surface area (Å²) in [6, 6.07) is -0.288. The minimum Gasteiger partial charge on any atom is -0.444 e. The van der Waals surface area contributed by atoms with Gasteiger partial charge in [-0.25, -0.2) is 4.79 Å². The van der Waals surface area contributed by atoms with Gasteiger partial charge in [0.25, 0.3) is 0 Å². The van der Waals surface area contributed by atoms with Crippen LogP contribution < -0.4 is 5.73 Å². The van der Waals surface area contributed by atoms with Crippen molar-refractivity contribution in [3.63, 3.8) is 0 Å². The Labute approximate surface area is 116 Å². The molecule has 1 heterocycles. The molecule has 0 aromatic carbocycles. The maximum Gasteiger partial charge on any atom is 0.410 e. The Bertz CT molecular complexity index is 318. The Morgan fingerprint density at radius 1 is 1.32 bits per heavy atom. The van der Waals surface area contributed by atoms with Crippen molar-refractivity contribution >= 4 is 6.09 Å². The summed E-state index contributed by atoms with van der Waals surface area (Å²) >= 11 is 0. The zero-order chi connectivity index (χ0) is 14.8. The first-order valence-corrected chi connectivity index (χ1v) is 6.85. The summed E-state index contributed by atoms with van der Waals surface area (Å²) in [5.41, 5.74) is 5.70. The number of nitrogens with two attached hydrogens (primary N) is 1. The van der Waals surface area contributed by atoms with Crippen LogP contribution in [0, 0.1) is 5.41 Å². The number of nitrogens with zero attached hydrogens (tertiary/aromatic N) is 1. The number of rotatable bonds is 1. The number of hydrogen-bond acceptors (Lipinski definition) is 4. The molecule has 19 heavy (non-hydrogen) atoms. The SMILES string of the molecule is CC(C)(C)OC(=O)N1CCOCC1C(N)C(C)(C)C. The van der Waals surface area contributed by atoms with E-state index in [1.54, 1.807) is 4.90 Å².